The van der Waals surface area contributed by atoms with Crippen molar-refractivity contribution in [3.63, 3.8) is 0 Å². The van der Waals surface area contributed by atoms with Gasteiger partial charge in [-0.1, -0.05) is 31.2 Å². The molecule has 4 rings (SSSR count). The Morgan fingerprint density at radius 3 is 2.71 bits per heavy atom. The summed E-state index contributed by atoms with van der Waals surface area (Å²) in [5.74, 6) is 0.607. The smallest absolute Gasteiger partial charge is 0.336 e. The van der Waals surface area contributed by atoms with Crippen LogP contribution in [0.5, 0.6) is 0 Å². The third-order valence-electron chi connectivity index (χ3n) is 5.48. The average molecular weight is 420 g/mol. The van der Waals surface area contributed by atoms with Crippen molar-refractivity contribution in [2.45, 2.75) is 26.4 Å². The zero-order valence-corrected chi connectivity index (χ0v) is 17.7. The second kappa shape index (κ2) is 9.24. The third kappa shape index (κ3) is 4.73. The van der Waals surface area contributed by atoms with Gasteiger partial charge in [0, 0.05) is 24.1 Å². The van der Waals surface area contributed by atoms with Crippen molar-refractivity contribution in [1.29, 1.82) is 0 Å². The zero-order chi connectivity index (χ0) is 21.8. The van der Waals surface area contributed by atoms with Gasteiger partial charge in [-0.3, -0.25) is 4.79 Å². The van der Waals surface area contributed by atoms with Crippen LogP contribution < -0.4 is 16.1 Å². The van der Waals surface area contributed by atoms with Crippen LogP contribution >= 0.6 is 0 Å². The average Bonchev–Trinajstić information content (AvgIpc) is 2.77. The van der Waals surface area contributed by atoms with E-state index in [0.717, 1.165) is 27.8 Å². The molecule has 7 nitrogen and oxygen atoms in total. The van der Waals surface area contributed by atoms with Gasteiger partial charge in [-0.2, -0.15) is 0 Å². The molecule has 0 spiro atoms. The SMILES string of the molecule is CCc1ccc2c(C[NH+](CCOC)Cc3nc4ccccc4c(=O)[nH]3)cc(=O)oc2c1. The molecule has 0 fully saturated rings. The van der Waals surface area contributed by atoms with Crippen LogP contribution in [-0.4, -0.2) is 30.2 Å². The number of nitrogens with one attached hydrogen (secondary N) is 2. The Hall–Kier alpha value is -3.29. The van der Waals surface area contributed by atoms with E-state index in [1.165, 1.54) is 0 Å². The highest BCUT2D eigenvalue weighted by molar-refractivity contribution is 5.80. The lowest BCUT2D eigenvalue weighted by Crippen LogP contribution is -3.10. The number of aryl methyl sites for hydroxylation is 1. The molecular weight excluding hydrogens is 394 g/mol. The van der Waals surface area contributed by atoms with Gasteiger partial charge in [-0.05, 0) is 30.2 Å². The van der Waals surface area contributed by atoms with Crippen LogP contribution in [0, 0.1) is 0 Å². The number of H-pyrrole nitrogens is 1. The van der Waals surface area contributed by atoms with Gasteiger partial charge in [-0.15, -0.1) is 0 Å². The van der Waals surface area contributed by atoms with E-state index in [1.807, 2.05) is 30.3 Å². The lowest BCUT2D eigenvalue weighted by Gasteiger charge is -2.19. The van der Waals surface area contributed by atoms with E-state index < -0.39 is 0 Å². The normalized spacial score (nSPS) is 12.5. The van der Waals surface area contributed by atoms with Crippen LogP contribution in [0.1, 0.15) is 23.9 Å². The number of para-hydroxylation sites is 1. The maximum atomic E-state index is 12.5. The van der Waals surface area contributed by atoms with Crippen molar-refractivity contribution in [1.82, 2.24) is 9.97 Å². The number of ether oxygens (including phenoxy) is 1. The molecule has 0 saturated carbocycles. The Kier molecular flexibility index (Phi) is 6.25. The highest BCUT2D eigenvalue weighted by Crippen LogP contribution is 2.18. The molecular formula is C24H26N3O4+. The maximum absolute atomic E-state index is 12.5. The molecule has 2 aromatic heterocycles. The van der Waals surface area contributed by atoms with Crippen molar-refractivity contribution >= 4 is 21.9 Å². The summed E-state index contributed by atoms with van der Waals surface area (Å²) in [6, 6.07) is 14.8. The Balaban J connectivity index is 1.68. The molecule has 1 atom stereocenters. The number of nitrogens with zero attached hydrogens (tertiary/aromatic N) is 1. The maximum Gasteiger partial charge on any atom is 0.336 e. The molecule has 0 bridgehead atoms. The van der Waals surface area contributed by atoms with Gasteiger partial charge in [0.2, 0.25) is 0 Å². The minimum Gasteiger partial charge on any atom is -0.423 e. The fourth-order valence-electron chi connectivity index (χ4n) is 3.85. The van der Waals surface area contributed by atoms with Gasteiger partial charge in [0.1, 0.15) is 25.2 Å². The minimum absolute atomic E-state index is 0.149. The van der Waals surface area contributed by atoms with E-state index in [2.05, 4.69) is 23.0 Å². The van der Waals surface area contributed by atoms with Gasteiger partial charge < -0.3 is 19.0 Å². The molecule has 31 heavy (non-hydrogen) atoms. The number of aromatic amines is 1. The second-order valence-corrected chi connectivity index (χ2v) is 7.65. The summed E-state index contributed by atoms with van der Waals surface area (Å²) in [6.45, 7) is 4.39. The third-order valence-corrected chi connectivity index (χ3v) is 5.48. The quantitative estimate of drug-likeness (QED) is 0.425. The summed E-state index contributed by atoms with van der Waals surface area (Å²) in [7, 11) is 1.66. The molecule has 0 radical (unpaired) electrons. The molecule has 7 heteroatoms. The first-order valence-corrected chi connectivity index (χ1v) is 10.4. The number of methoxy groups -OCH3 is 1. The molecule has 0 aliphatic rings. The monoisotopic (exact) mass is 420 g/mol. The van der Waals surface area contributed by atoms with E-state index in [0.29, 0.717) is 48.6 Å². The summed E-state index contributed by atoms with van der Waals surface area (Å²) in [5.41, 5.74) is 2.79. The molecule has 4 aromatic rings. The van der Waals surface area contributed by atoms with Gasteiger partial charge in [0.05, 0.1) is 17.5 Å². The predicted molar refractivity (Wildman–Crippen MR) is 119 cm³/mol. The van der Waals surface area contributed by atoms with Gasteiger partial charge in [0.15, 0.2) is 5.82 Å². The van der Waals surface area contributed by atoms with E-state index in [-0.39, 0.29) is 11.2 Å². The van der Waals surface area contributed by atoms with Crippen molar-refractivity contribution < 1.29 is 14.1 Å². The van der Waals surface area contributed by atoms with E-state index in [1.54, 1.807) is 19.2 Å². The van der Waals surface area contributed by atoms with Crippen molar-refractivity contribution in [3.05, 3.63) is 86.3 Å². The molecule has 1 unspecified atom stereocenters. The molecule has 160 valence electrons. The largest absolute Gasteiger partial charge is 0.423 e. The number of fused-ring (bicyclic) bond motifs is 2. The van der Waals surface area contributed by atoms with Gasteiger partial charge in [0.25, 0.3) is 5.56 Å². The Bertz CT molecular complexity index is 1330. The predicted octanol–water partition coefficient (Wildman–Crippen LogP) is 1.82. The first-order valence-electron chi connectivity index (χ1n) is 10.4. The summed E-state index contributed by atoms with van der Waals surface area (Å²) >= 11 is 0. The topological polar surface area (TPSA) is 89.6 Å². The van der Waals surface area contributed by atoms with Crippen molar-refractivity contribution in [3.8, 4) is 0 Å². The van der Waals surface area contributed by atoms with E-state index in [9.17, 15) is 9.59 Å². The van der Waals surface area contributed by atoms with Gasteiger partial charge in [-0.25, -0.2) is 9.78 Å². The highest BCUT2D eigenvalue weighted by Gasteiger charge is 2.17. The van der Waals surface area contributed by atoms with E-state index in [4.69, 9.17) is 9.15 Å². The number of hydrogen-bond donors (Lipinski definition) is 2. The summed E-state index contributed by atoms with van der Waals surface area (Å²) < 4.78 is 10.7. The van der Waals surface area contributed by atoms with Crippen LogP contribution in [0.4, 0.5) is 0 Å². The number of aromatic nitrogens is 2. The lowest BCUT2D eigenvalue weighted by atomic mass is 10.1. The van der Waals surface area contributed by atoms with Crippen molar-refractivity contribution in [2.24, 2.45) is 0 Å². The first-order chi connectivity index (χ1) is 15.1. The second-order valence-electron chi connectivity index (χ2n) is 7.65. The molecule has 0 saturated heterocycles. The molecule has 0 amide bonds. The molecule has 0 aliphatic heterocycles. The van der Waals surface area contributed by atoms with Crippen molar-refractivity contribution in [2.75, 3.05) is 20.3 Å². The van der Waals surface area contributed by atoms with Crippen LogP contribution in [-0.2, 0) is 24.2 Å². The van der Waals surface area contributed by atoms with Crippen LogP contribution in [0.25, 0.3) is 21.9 Å². The number of hydrogen-bond acceptors (Lipinski definition) is 5. The molecule has 2 N–H and O–H groups in total. The number of rotatable bonds is 8. The Labute approximate surface area is 179 Å². The number of benzene rings is 2. The molecule has 2 aromatic carbocycles. The van der Waals surface area contributed by atoms with Crippen LogP contribution in [0.15, 0.2) is 62.5 Å². The molecule has 2 heterocycles. The van der Waals surface area contributed by atoms with Crippen LogP contribution in [0.3, 0.4) is 0 Å². The van der Waals surface area contributed by atoms with Gasteiger partial charge >= 0.3 is 5.63 Å². The van der Waals surface area contributed by atoms with E-state index >= 15 is 0 Å². The lowest BCUT2D eigenvalue weighted by molar-refractivity contribution is -0.928. The zero-order valence-electron chi connectivity index (χ0n) is 17.7. The van der Waals surface area contributed by atoms with Crippen LogP contribution in [0.2, 0.25) is 0 Å². The number of quaternary nitrogens is 1. The molecule has 0 aliphatic carbocycles. The fourth-order valence-corrected chi connectivity index (χ4v) is 3.85. The fraction of sp³-hybridized carbons (Fsp3) is 0.292. The summed E-state index contributed by atoms with van der Waals surface area (Å²) in [6.07, 6.45) is 0.871. The minimum atomic E-state index is -0.362. The highest BCUT2D eigenvalue weighted by atomic mass is 16.5. The first kappa shape index (κ1) is 21.0. The Morgan fingerprint density at radius 1 is 1.06 bits per heavy atom. The standard InChI is InChI=1S/C24H25N3O4/c1-3-16-8-9-18-17(13-23(28)31-21(18)12-16)14-27(10-11-30-2)15-22-25-20-7-5-4-6-19(20)24(29)26-22/h4-9,12-13H,3,10-11,14-15H2,1-2H3,(H,25,26,29)/p+1. The summed E-state index contributed by atoms with van der Waals surface area (Å²) in [4.78, 5) is 33.3. The Morgan fingerprint density at radius 2 is 1.90 bits per heavy atom. The summed E-state index contributed by atoms with van der Waals surface area (Å²) in [5, 5.41) is 1.50.